The molecule has 0 aliphatic carbocycles. The molecule has 0 saturated heterocycles. The lowest BCUT2D eigenvalue weighted by molar-refractivity contribution is -0.148. The lowest BCUT2D eigenvalue weighted by Crippen LogP contribution is -2.24. The first-order chi connectivity index (χ1) is 8.83. The molecule has 1 aromatic heterocycles. The van der Waals surface area contributed by atoms with Gasteiger partial charge in [-0.1, -0.05) is 6.07 Å². The molecular formula is C13H20N2O3. The molecule has 5 nitrogen and oxygen atoms in total. The molecule has 0 atom stereocenters. The first kappa shape index (κ1) is 14.6. The molecule has 5 heteroatoms. The van der Waals surface area contributed by atoms with Crippen LogP contribution in [0.3, 0.4) is 0 Å². The Kier molecular flexibility index (Phi) is 7.75. The second-order valence-corrected chi connectivity index (χ2v) is 3.72. The van der Waals surface area contributed by atoms with E-state index in [2.05, 4.69) is 10.3 Å². The number of carbonyl (C=O) groups excluding carboxylic acids is 1. The Labute approximate surface area is 108 Å². The van der Waals surface area contributed by atoms with E-state index in [1.807, 2.05) is 18.3 Å². The average molecular weight is 252 g/mol. The zero-order valence-corrected chi connectivity index (χ0v) is 10.7. The van der Waals surface area contributed by atoms with Gasteiger partial charge in [0.05, 0.1) is 13.2 Å². The second kappa shape index (κ2) is 9.56. The molecule has 0 radical (unpaired) electrons. The van der Waals surface area contributed by atoms with Gasteiger partial charge < -0.3 is 14.8 Å². The quantitative estimate of drug-likeness (QED) is 0.520. The maximum Gasteiger partial charge on any atom is 0.332 e. The molecule has 0 fully saturated rings. The highest BCUT2D eigenvalue weighted by Gasteiger charge is 2.00. The van der Waals surface area contributed by atoms with Crippen molar-refractivity contribution in [3.8, 4) is 0 Å². The van der Waals surface area contributed by atoms with E-state index < -0.39 is 0 Å². The van der Waals surface area contributed by atoms with Crippen molar-refractivity contribution >= 4 is 5.97 Å². The minimum Gasteiger partial charge on any atom is -0.464 e. The van der Waals surface area contributed by atoms with Gasteiger partial charge in [-0.2, -0.15) is 0 Å². The van der Waals surface area contributed by atoms with Gasteiger partial charge in [0, 0.05) is 18.9 Å². The Balaban J connectivity index is 1.92. The number of hydrogen-bond donors (Lipinski definition) is 1. The van der Waals surface area contributed by atoms with Crippen molar-refractivity contribution in [2.24, 2.45) is 0 Å². The standard InChI is InChI=1S/C13H20N2O3/c1-2-18-13(16)11-17-9-8-14-7-5-12-4-3-6-15-10-12/h3-4,6,10,14H,2,5,7-9,11H2,1H3. The number of carbonyl (C=O) groups is 1. The minimum absolute atomic E-state index is 0.0259. The van der Waals surface area contributed by atoms with Gasteiger partial charge in [-0.3, -0.25) is 4.98 Å². The SMILES string of the molecule is CCOC(=O)COCCNCCc1cccnc1. The van der Waals surface area contributed by atoms with Crippen molar-refractivity contribution in [1.82, 2.24) is 10.3 Å². The summed E-state index contributed by atoms with van der Waals surface area (Å²) in [7, 11) is 0. The van der Waals surface area contributed by atoms with Gasteiger partial charge in [-0.25, -0.2) is 4.79 Å². The van der Waals surface area contributed by atoms with E-state index in [9.17, 15) is 4.79 Å². The Morgan fingerprint density at radius 3 is 3.06 bits per heavy atom. The molecule has 0 saturated carbocycles. The fraction of sp³-hybridized carbons (Fsp3) is 0.538. The molecule has 0 spiro atoms. The van der Waals surface area contributed by atoms with E-state index in [4.69, 9.17) is 9.47 Å². The molecule has 1 N–H and O–H groups in total. The van der Waals surface area contributed by atoms with Crippen molar-refractivity contribution in [2.75, 3.05) is 32.9 Å². The predicted octanol–water partition coefficient (Wildman–Crippen LogP) is 0.793. The maximum absolute atomic E-state index is 10.9. The van der Waals surface area contributed by atoms with Crippen LogP contribution in [0.2, 0.25) is 0 Å². The first-order valence-electron chi connectivity index (χ1n) is 6.16. The number of aromatic nitrogens is 1. The Morgan fingerprint density at radius 1 is 1.44 bits per heavy atom. The molecule has 0 aliphatic heterocycles. The van der Waals surface area contributed by atoms with Crippen LogP contribution in [-0.4, -0.2) is 43.9 Å². The van der Waals surface area contributed by atoms with Gasteiger partial charge in [0.1, 0.15) is 6.61 Å². The zero-order valence-electron chi connectivity index (χ0n) is 10.7. The number of nitrogens with one attached hydrogen (secondary N) is 1. The Morgan fingerprint density at radius 2 is 2.33 bits per heavy atom. The summed E-state index contributed by atoms with van der Waals surface area (Å²) in [5.41, 5.74) is 1.21. The van der Waals surface area contributed by atoms with Crippen LogP contribution in [0.15, 0.2) is 24.5 Å². The summed E-state index contributed by atoms with van der Waals surface area (Å²) in [5, 5.41) is 3.23. The molecule has 1 rings (SSSR count). The fourth-order valence-electron chi connectivity index (χ4n) is 1.41. The average Bonchev–Trinajstić information content (AvgIpc) is 2.39. The van der Waals surface area contributed by atoms with Crippen molar-refractivity contribution < 1.29 is 14.3 Å². The van der Waals surface area contributed by atoms with Gasteiger partial charge >= 0.3 is 5.97 Å². The van der Waals surface area contributed by atoms with Crippen LogP contribution in [0, 0.1) is 0 Å². The van der Waals surface area contributed by atoms with Gasteiger partial charge in [0.2, 0.25) is 0 Å². The highest BCUT2D eigenvalue weighted by atomic mass is 16.6. The number of ether oxygens (including phenoxy) is 2. The topological polar surface area (TPSA) is 60.5 Å². The van der Waals surface area contributed by atoms with Crippen molar-refractivity contribution in [1.29, 1.82) is 0 Å². The lowest BCUT2D eigenvalue weighted by Gasteiger charge is -2.06. The van der Waals surface area contributed by atoms with E-state index in [1.165, 1.54) is 5.56 Å². The van der Waals surface area contributed by atoms with Crippen molar-refractivity contribution in [3.05, 3.63) is 30.1 Å². The van der Waals surface area contributed by atoms with Crippen LogP contribution in [0.1, 0.15) is 12.5 Å². The monoisotopic (exact) mass is 252 g/mol. The summed E-state index contributed by atoms with van der Waals surface area (Å²) in [6, 6.07) is 3.98. The molecule has 0 amide bonds. The molecule has 0 aromatic carbocycles. The van der Waals surface area contributed by atoms with Gasteiger partial charge in [0.15, 0.2) is 0 Å². The van der Waals surface area contributed by atoms with E-state index in [-0.39, 0.29) is 12.6 Å². The molecule has 0 unspecified atom stereocenters. The van der Waals surface area contributed by atoms with Gasteiger partial charge in [-0.15, -0.1) is 0 Å². The molecule has 100 valence electrons. The third-order valence-corrected chi connectivity index (χ3v) is 2.26. The fourth-order valence-corrected chi connectivity index (χ4v) is 1.41. The summed E-state index contributed by atoms with van der Waals surface area (Å²) in [6.45, 7) is 4.29. The molecule has 1 heterocycles. The Hall–Kier alpha value is -1.46. The molecule has 1 aromatic rings. The highest BCUT2D eigenvalue weighted by Crippen LogP contribution is 1.95. The van der Waals surface area contributed by atoms with Gasteiger partial charge in [-0.05, 0) is 31.5 Å². The number of pyridine rings is 1. The molecular weight excluding hydrogens is 232 g/mol. The molecule has 18 heavy (non-hydrogen) atoms. The third-order valence-electron chi connectivity index (χ3n) is 2.26. The molecule has 0 aliphatic rings. The third kappa shape index (κ3) is 6.98. The number of rotatable bonds is 9. The number of esters is 1. The predicted molar refractivity (Wildman–Crippen MR) is 68.3 cm³/mol. The van der Waals surface area contributed by atoms with Crippen molar-refractivity contribution in [2.45, 2.75) is 13.3 Å². The van der Waals surface area contributed by atoms with E-state index in [1.54, 1.807) is 13.1 Å². The first-order valence-corrected chi connectivity index (χ1v) is 6.16. The number of nitrogens with zero attached hydrogens (tertiary/aromatic N) is 1. The van der Waals surface area contributed by atoms with Crippen molar-refractivity contribution in [3.63, 3.8) is 0 Å². The maximum atomic E-state index is 10.9. The van der Waals surface area contributed by atoms with Crippen LogP contribution in [0.5, 0.6) is 0 Å². The van der Waals surface area contributed by atoms with Gasteiger partial charge in [0.25, 0.3) is 0 Å². The number of hydrogen-bond acceptors (Lipinski definition) is 5. The van der Waals surface area contributed by atoms with Crippen LogP contribution in [0.4, 0.5) is 0 Å². The zero-order chi connectivity index (χ0) is 13.1. The van der Waals surface area contributed by atoms with E-state index >= 15 is 0 Å². The minimum atomic E-state index is -0.312. The smallest absolute Gasteiger partial charge is 0.332 e. The highest BCUT2D eigenvalue weighted by molar-refractivity contribution is 5.70. The van der Waals surface area contributed by atoms with Crippen LogP contribution < -0.4 is 5.32 Å². The Bertz CT molecular complexity index is 330. The van der Waals surface area contributed by atoms with Crippen LogP contribution in [0.25, 0.3) is 0 Å². The summed E-state index contributed by atoms with van der Waals surface area (Å²) in [5.74, 6) is -0.312. The lowest BCUT2D eigenvalue weighted by atomic mass is 10.2. The largest absolute Gasteiger partial charge is 0.464 e. The van der Waals surface area contributed by atoms with E-state index in [0.29, 0.717) is 13.2 Å². The summed E-state index contributed by atoms with van der Waals surface area (Å²) in [4.78, 5) is 15.0. The summed E-state index contributed by atoms with van der Waals surface area (Å²) >= 11 is 0. The van der Waals surface area contributed by atoms with E-state index in [0.717, 1.165) is 19.5 Å². The summed E-state index contributed by atoms with van der Waals surface area (Å²) < 4.78 is 9.89. The molecule has 0 bridgehead atoms. The summed E-state index contributed by atoms with van der Waals surface area (Å²) in [6.07, 6.45) is 4.56. The van der Waals surface area contributed by atoms with Crippen LogP contribution >= 0.6 is 0 Å². The normalized spacial score (nSPS) is 10.3. The second-order valence-electron chi connectivity index (χ2n) is 3.72. The van der Waals surface area contributed by atoms with Crippen LogP contribution in [-0.2, 0) is 20.7 Å².